The molecule has 1 heterocycles. The number of likely N-dealkylation sites (N-methyl/N-ethyl adjacent to an activating group) is 1. The molecule has 2 nitrogen and oxygen atoms in total. The van der Waals surface area contributed by atoms with Gasteiger partial charge in [-0.05, 0) is 13.1 Å². The second-order valence-corrected chi connectivity index (χ2v) is 3.18. The fraction of sp³-hybridized carbons (Fsp3) is 0.429. The Bertz CT molecular complexity index is 163. The summed E-state index contributed by atoms with van der Waals surface area (Å²) in [4.78, 5) is 0. The zero-order valence-corrected chi connectivity index (χ0v) is 7.03. The van der Waals surface area contributed by atoms with Crippen LogP contribution in [0.15, 0.2) is 23.3 Å². The van der Waals surface area contributed by atoms with Crippen molar-refractivity contribution in [2.24, 2.45) is 0 Å². The molecule has 0 aromatic carbocycles. The fourth-order valence-electron chi connectivity index (χ4n) is 0.757. The smallest absolute Gasteiger partial charge is 0.0780 e. The molecule has 0 fully saturated rings. The van der Waals surface area contributed by atoms with Gasteiger partial charge in [0, 0.05) is 7.05 Å². The summed E-state index contributed by atoms with van der Waals surface area (Å²) < 4.78 is 0. The minimum absolute atomic E-state index is 0.424. The van der Waals surface area contributed by atoms with Gasteiger partial charge in [0.25, 0.3) is 0 Å². The lowest BCUT2D eigenvalue weighted by molar-refractivity contribution is 0.862. The Hall–Kier alpha value is -0.410. The van der Waals surface area contributed by atoms with Gasteiger partial charge in [0.1, 0.15) is 0 Å². The molecule has 0 radical (unpaired) electrons. The van der Waals surface area contributed by atoms with Crippen molar-refractivity contribution >= 4 is 11.8 Å². The Balaban J connectivity index is 2.50. The average molecular weight is 156 g/mol. The van der Waals surface area contributed by atoms with Crippen molar-refractivity contribution in [3.05, 3.63) is 23.3 Å². The van der Waals surface area contributed by atoms with Crippen molar-refractivity contribution in [3.63, 3.8) is 0 Å². The molecule has 56 valence electrons. The van der Waals surface area contributed by atoms with E-state index < -0.39 is 0 Å². The molecule has 3 heteroatoms. The van der Waals surface area contributed by atoms with Crippen LogP contribution in [0.4, 0.5) is 0 Å². The third kappa shape index (κ3) is 1.78. The van der Waals surface area contributed by atoms with Gasteiger partial charge in [0.05, 0.1) is 10.4 Å². The van der Waals surface area contributed by atoms with Gasteiger partial charge in [-0.15, -0.1) is 0 Å². The van der Waals surface area contributed by atoms with Gasteiger partial charge >= 0.3 is 0 Å². The predicted octanol–water partition coefficient (Wildman–Crippen LogP) is 0.896. The first-order chi connectivity index (χ1) is 4.86. The van der Waals surface area contributed by atoms with Crippen LogP contribution >= 0.6 is 11.8 Å². The maximum atomic E-state index is 3.16. The number of thioether (sulfide) groups is 1. The Morgan fingerprint density at radius 1 is 1.50 bits per heavy atom. The van der Waals surface area contributed by atoms with Crippen molar-refractivity contribution in [1.29, 1.82) is 0 Å². The molecule has 1 unspecified atom stereocenters. The summed E-state index contributed by atoms with van der Waals surface area (Å²) in [5.41, 5.74) is 0. The SMILES string of the molecule is CNC1=CC=CC(NC)S1. The first-order valence-corrected chi connectivity index (χ1v) is 4.15. The summed E-state index contributed by atoms with van der Waals surface area (Å²) in [7, 11) is 3.89. The lowest BCUT2D eigenvalue weighted by atomic mass is 10.4. The van der Waals surface area contributed by atoms with Gasteiger partial charge in [-0.25, -0.2) is 0 Å². The van der Waals surface area contributed by atoms with Gasteiger partial charge in [-0.1, -0.05) is 23.9 Å². The Morgan fingerprint density at radius 3 is 2.90 bits per heavy atom. The van der Waals surface area contributed by atoms with Crippen molar-refractivity contribution in [2.75, 3.05) is 14.1 Å². The van der Waals surface area contributed by atoms with Crippen LogP contribution in [0.1, 0.15) is 0 Å². The van der Waals surface area contributed by atoms with E-state index in [1.807, 2.05) is 14.1 Å². The molecule has 0 aromatic rings. The Morgan fingerprint density at radius 2 is 2.30 bits per heavy atom. The third-order valence-electron chi connectivity index (χ3n) is 1.32. The average Bonchev–Trinajstić information content (AvgIpc) is 2.05. The summed E-state index contributed by atoms with van der Waals surface area (Å²) in [6.07, 6.45) is 6.26. The zero-order valence-electron chi connectivity index (χ0n) is 6.22. The summed E-state index contributed by atoms with van der Waals surface area (Å²) in [5.74, 6) is 0. The number of hydrogen-bond acceptors (Lipinski definition) is 3. The molecule has 10 heavy (non-hydrogen) atoms. The highest BCUT2D eigenvalue weighted by Gasteiger charge is 2.06. The molecular formula is C7H12N2S. The van der Waals surface area contributed by atoms with Crippen LogP contribution in [-0.4, -0.2) is 19.5 Å². The highest BCUT2D eigenvalue weighted by molar-refractivity contribution is 8.03. The van der Waals surface area contributed by atoms with E-state index in [0.717, 1.165) is 0 Å². The maximum Gasteiger partial charge on any atom is 0.0780 e. The molecule has 0 amide bonds. The Labute approximate surface area is 65.8 Å². The van der Waals surface area contributed by atoms with E-state index in [-0.39, 0.29) is 0 Å². The highest BCUT2D eigenvalue weighted by atomic mass is 32.2. The standard InChI is InChI=1S/C7H12N2S/c1-8-6-4-3-5-7(9-2)10-6/h3-6,8-9H,1-2H3. The van der Waals surface area contributed by atoms with Crippen molar-refractivity contribution < 1.29 is 0 Å². The minimum atomic E-state index is 0.424. The lowest BCUT2D eigenvalue weighted by Gasteiger charge is -2.16. The van der Waals surface area contributed by atoms with Crippen LogP contribution in [0.2, 0.25) is 0 Å². The van der Waals surface area contributed by atoms with Gasteiger partial charge in [0.15, 0.2) is 0 Å². The Kier molecular flexibility index (Phi) is 2.83. The number of nitrogens with one attached hydrogen (secondary N) is 2. The van der Waals surface area contributed by atoms with Crippen LogP contribution in [0, 0.1) is 0 Å². The first kappa shape index (κ1) is 7.69. The molecule has 1 atom stereocenters. The molecular weight excluding hydrogens is 144 g/mol. The summed E-state index contributed by atoms with van der Waals surface area (Å²) in [6.45, 7) is 0. The van der Waals surface area contributed by atoms with E-state index in [1.54, 1.807) is 11.8 Å². The number of hydrogen-bond donors (Lipinski definition) is 2. The second-order valence-electron chi connectivity index (χ2n) is 1.99. The molecule has 1 aliphatic rings. The van der Waals surface area contributed by atoms with Crippen LogP contribution in [0.25, 0.3) is 0 Å². The monoisotopic (exact) mass is 156 g/mol. The first-order valence-electron chi connectivity index (χ1n) is 3.27. The lowest BCUT2D eigenvalue weighted by Crippen LogP contribution is -2.22. The van der Waals surface area contributed by atoms with Crippen LogP contribution < -0.4 is 10.6 Å². The van der Waals surface area contributed by atoms with E-state index in [4.69, 9.17) is 0 Å². The van der Waals surface area contributed by atoms with Crippen molar-refractivity contribution in [3.8, 4) is 0 Å². The quantitative estimate of drug-likeness (QED) is 0.621. The van der Waals surface area contributed by atoms with Crippen molar-refractivity contribution in [1.82, 2.24) is 10.6 Å². The normalized spacial score (nSPS) is 24.2. The number of rotatable bonds is 2. The fourth-order valence-corrected chi connectivity index (χ4v) is 1.59. The zero-order chi connectivity index (χ0) is 7.40. The van der Waals surface area contributed by atoms with Crippen LogP contribution in [0.5, 0.6) is 0 Å². The molecule has 1 aliphatic heterocycles. The molecule has 0 saturated heterocycles. The van der Waals surface area contributed by atoms with E-state index in [2.05, 4.69) is 28.9 Å². The van der Waals surface area contributed by atoms with Gasteiger partial charge in [-0.3, -0.25) is 0 Å². The van der Waals surface area contributed by atoms with E-state index >= 15 is 0 Å². The van der Waals surface area contributed by atoms with Gasteiger partial charge in [-0.2, -0.15) is 0 Å². The van der Waals surface area contributed by atoms with E-state index in [0.29, 0.717) is 5.37 Å². The minimum Gasteiger partial charge on any atom is -0.383 e. The molecule has 0 spiro atoms. The summed E-state index contributed by atoms with van der Waals surface area (Å²) >= 11 is 1.78. The maximum absolute atomic E-state index is 3.16. The van der Waals surface area contributed by atoms with Gasteiger partial charge < -0.3 is 10.6 Å². The molecule has 0 saturated carbocycles. The topological polar surface area (TPSA) is 24.1 Å². The van der Waals surface area contributed by atoms with Crippen molar-refractivity contribution in [2.45, 2.75) is 5.37 Å². The molecule has 0 aromatic heterocycles. The van der Waals surface area contributed by atoms with Crippen LogP contribution in [-0.2, 0) is 0 Å². The summed E-state index contributed by atoms with van der Waals surface area (Å²) in [6, 6.07) is 0. The van der Waals surface area contributed by atoms with Gasteiger partial charge in [0.2, 0.25) is 0 Å². The highest BCUT2D eigenvalue weighted by Crippen LogP contribution is 2.21. The van der Waals surface area contributed by atoms with E-state index in [1.165, 1.54) is 5.03 Å². The molecule has 2 N–H and O–H groups in total. The predicted molar refractivity (Wildman–Crippen MR) is 46.7 cm³/mol. The number of allylic oxidation sites excluding steroid dienone is 2. The molecule has 0 aliphatic carbocycles. The summed E-state index contributed by atoms with van der Waals surface area (Å²) in [5, 5.41) is 7.90. The van der Waals surface area contributed by atoms with Crippen LogP contribution in [0.3, 0.4) is 0 Å². The van der Waals surface area contributed by atoms with E-state index in [9.17, 15) is 0 Å². The second kappa shape index (κ2) is 3.68. The molecule has 0 bridgehead atoms. The third-order valence-corrected chi connectivity index (χ3v) is 2.56. The molecule has 1 rings (SSSR count). The largest absolute Gasteiger partial charge is 0.383 e.